The Labute approximate surface area is 133 Å². The van der Waals surface area contributed by atoms with Crippen LogP contribution in [0, 0.1) is 6.92 Å². The maximum Gasteiger partial charge on any atom is 0.321 e. The van der Waals surface area contributed by atoms with Gasteiger partial charge in [0.15, 0.2) is 0 Å². The molecule has 0 aliphatic carbocycles. The zero-order valence-corrected chi connectivity index (χ0v) is 13.5. The van der Waals surface area contributed by atoms with Crippen molar-refractivity contribution in [2.75, 3.05) is 6.54 Å². The summed E-state index contributed by atoms with van der Waals surface area (Å²) in [6.07, 6.45) is 0. The van der Waals surface area contributed by atoms with Gasteiger partial charge in [-0.1, -0.05) is 30.0 Å². The van der Waals surface area contributed by atoms with Crippen LogP contribution in [-0.4, -0.2) is 33.7 Å². The van der Waals surface area contributed by atoms with Crippen LogP contribution >= 0.6 is 11.8 Å². The number of benzene rings is 1. The zero-order chi connectivity index (χ0) is 16.1. The van der Waals surface area contributed by atoms with Crippen molar-refractivity contribution in [3.05, 3.63) is 30.1 Å². The quantitative estimate of drug-likeness (QED) is 0.667. The van der Waals surface area contributed by atoms with Gasteiger partial charge >= 0.3 is 6.03 Å². The fraction of sp³-hybridized carbons (Fsp3) is 0.333. The molecule has 6 nitrogen and oxygen atoms in total. The molecular formula is C15H18N4O2S. The standard InChI is InChI=1S/C15H18N4O2S/c1-4-16-15(21)19-13(20)9(2)22-14-11-7-5-6-8-12(11)17-10(3)18-14/h5-9H,4H2,1-3H3,(H2,16,19,20,21). The number of aryl methyl sites for hydroxylation is 1. The van der Waals surface area contributed by atoms with Gasteiger partial charge in [-0.2, -0.15) is 0 Å². The maximum atomic E-state index is 12.0. The van der Waals surface area contributed by atoms with Crippen LogP contribution in [0.2, 0.25) is 0 Å². The summed E-state index contributed by atoms with van der Waals surface area (Å²) >= 11 is 1.31. The Morgan fingerprint density at radius 1 is 1.27 bits per heavy atom. The number of carbonyl (C=O) groups excluding carboxylic acids is 2. The second-order valence-corrected chi connectivity index (χ2v) is 6.03. The number of fused-ring (bicyclic) bond motifs is 1. The number of imide groups is 1. The molecule has 0 spiro atoms. The van der Waals surface area contributed by atoms with E-state index in [-0.39, 0.29) is 5.91 Å². The number of amides is 3. The number of carbonyl (C=O) groups is 2. The summed E-state index contributed by atoms with van der Waals surface area (Å²) in [6, 6.07) is 7.17. The van der Waals surface area contributed by atoms with Gasteiger partial charge in [-0.15, -0.1) is 0 Å². The highest BCUT2D eigenvalue weighted by molar-refractivity contribution is 8.00. The third-order valence-electron chi connectivity index (χ3n) is 2.91. The van der Waals surface area contributed by atoms with Crippen molar-refractivity contribution in [3.63, 3.8) is 0 Å². The van der Waals surface area contributed by atoms with Crippen LogP contribution < -0.4 is 10.6 Å². The molecule has 0 aliphatic rings. The second kappa shape index (κ2) is 7.22. The van der Waals surface area contributed by atoms with Crippen molar-refractivity contribution in [3.8, 4) is 0 Å². The number of urea groups is 1. The van der Waals surface area contributed by atoms with E-state index in [1.54, 1.807) is 13.8 Å². The summed E-state index contributed by atoms with van der Waals surface area (Å²) < 4.78 is 0. The fourth-order valence-electron chi connectivity index (χ4n) is 1.89. The van der Waals surface area contributed by atoms with Crippen LogP contribution in [-0.2, 0) is 4.79 Å². The van der Waals surface area contributed by atoms with Crippen molar-refractivity contribution in [2.24, 2.45) is 0 Å². The van der Waals surface area contributed by atoms with Crippen molar-refractivity contribution in [2.45, 2.75) is 31.0 Å². The molecule has 1 aromatic carbocycles. The molecule has 1 aromatic heterocycles. The molecule has 0 saturated carbocycles. The highest BCUT2D eigenvalue weighted by Crippen LogP contribution is 2.28. The van der Waals surface area contributed by atoms with Gasteiger partial charge < -0.3 is 5.32 Å². The highest BCUT2D eigenvalue weighted by Gasteiger charge is 2.19. The average molecular weight is 318 g/mol. The van der Waals surface area contributed by atoms with E-state index < -0.39 is 11.3 Å². The first kappa shape index (κ1) is 16.2. The predicted octanol–water partition coefficient (Wildman–Crippen LogP) is 2.26. The van der Waals surface area contributed by atoms with Gasteiger partial charge in [0.2, 0.25) is 5.91 Å². The van der Waals surface area contributed by atoms with E-state index in [9.17, 15) is 9.59 Å². The number of hydrogen-bond acceptors (Lipinski definition) is 5. The summed E-state index contributed by atoms with van der Waals surface area (Å²) in [5.41, 5.74) is 0.842. The SMILES string of the molecule is CCNC(=O)NC(=O)C(C)Sc1nc(C)nc2ccccc12. The molecule has 1 unspecified atom stereocenters. The van der Waals surface area contributed by atoms with Crippen LogP contribution in [0.15, 0.2) is 29.3 Å². The van der Waals surface area contributed by atoms with E-state index in [0.717, 1.165) is 15.9 Å². The topological polar surface area (TPSA) is 84.0 Å². The van der Waals surface area contributed by atoms with E-state index in [4.69, 9.17) is 0 Å². The van der Waals surface area contributed by atoms with E-state index >= 15 is 0 Å². The van der Waals surface area contributed by atoms with E-state index in [0.29, 0.717) is 12.4 Å². The van der Waals surface area contributed by atoms with Crippen LogP contribution in [0.25, 0.3) is 10.9 Å². The monoisotopic (exact) mass is 318 g/mol. The van der Waals surface area contributed by atoms with Gasteiger partial charge in [0.1, 0.15) is 10.9 Å². The molecule has 1 heterocycles. The second-order valence-electron chi connectivity index (χ2n) is 4.70. The Kier molecular flexibility index (Phi) is 5.32. The lowest BCUT2D eigenvalue weighted by atomic mass is 10.2. The normalized spacial score (nSPS) is 12.0. The van der Waals surface area contributed by atoms with Gasteiger partial charge in [-0.05, 0) is 26.8 Å². The molecule has 116 valence electrons. The lowest BCUT2D eigenvalue weighted by Crippen LogP contribution is -2.42. The summed E-state index contributed by atoms with van der Waals surface area (Å²) in [6.45, 7) is 5.82. The third kappa shape index (κ3) is 3.94. The van der Waals surface area contributed by atoms with Crippen LogP contribution in [0.1, 0.15) is 19.7 Å². The van der Waals surface area contributed by atoms with Gasteiger partial charge in [0.05, 0.1) is 10.8 Å². The minimum Gasteiger partial charge on any atom is -0.338 e. The zero-order valence-electron chi connectivity index (χ0n) is 12.7. The number of rotatable bonds is 4. The van der Waals surface area contributed by atoms with E-state index in [1.807, 2.05) is 31.2 Å². The largest absolute Gasteiger partial charge is 0.338 e. The first-order valence-corrected chi connectivity index (χ1v) is 7.88. The minimum atomic E-state index is -0.483. The Morgan fingerprint density at radius 2 is 2.00 bits per heavy atom. The average Bonchev–Trinajstić information content (AvgIpc) is 2.47. The summed E-state index contributed by atoms with van der Waals surface area (Å²) in [4.78, 5) is 32.2. The molecule has 2 N–H and O–H groups in total. The summed E-state index contributed by atoms with van der Waals surface area (Å²) in [7, 11) is 0. The molecule has 2 rings (SSSR count). The lowest BCUT2D eigenvalue weighted by molar-refractivity contribution is -0.119. The first-order valence-electron chi connectivity index (χ1n) is 7.00. The maximum absolute atomic E-state index is 12.0. The number of nitrogens with zero attached hydrogens (tertiary/aromatic N) is 2. The predicted molar refractivity (Wildman–Crippen MR) is 86.8 cm³/mol. The number of nitrogens with one attached hydrogen (secondary N) is 2. The van der Waals surface area contributed by atoms with Crippen molar-refractivity contribution in [1.29, 1.82) is 0 Å². The molecule has 0 bridgehead atoms. The Bertz CT molecular complexity index is 705. The van der Waals surface area contributed by atoms with Crippen LogP contribution in [0.5, 0.6) is 0 Å². The Hall–Kier alpha value is -2.15. The molecule has 22 heavy (non-hydrogen) atoms. The van der Waals surface area contributed by atoms with E-state index in [2.05, 4.69) is 20.6 Å². The van der Waals surface area contributed by atoms with Gasteiger partial charge in [0, 0.05) is 11.9 Å². The Balaban J connectivity index is 2.16. The molecule has 7 heteroatoms. The molecular weight excluding hydrogens is 300 g/mol. The summed E-state index contributed by atoms with van der Waals surface area (Å²) in [5.74, 6) is 0.300. The lowest BCUT2D eigenvalue weighted by Gasteiger charge is -2.12. The molecule has 1 atom stereocenters. The number of aromatic nitrogens is 2. The number of hydrogen-bond donors (Lipinski definition) is 2. The third-order valence-corrected chi connectivity index (χ3v) is 4.01. The van der Waals surface area contributed by atoms with Gasteiger partial charge in [-0.3, -0.25) is 10.1 Å². The molecule has 0 fully saturated rings. The van der Waals surface area contributed by atoms with Gasteiger partial charge in [0.25, 0.3) is 0 Å². The molecule has 0 radical (unpaired) electrons. The fourth-order valence-corrected chi connectivity index (χ4v) is 2.87. The molecule has 0 aliphatic heterocycles. The summed E-state index contributed by atoms with van der Waals surface area (Å²) in [5, 5.41) is 6.03. The van der Waals surface area contributed by atoms with E-state index in [1.165, 1.54) is 11.8 Å². The number of para-hydroxylation sites is 1. The van der Waals surface area contributed by atoms with Gasteiger partial charge in [-0.25, -0.2) is 14.8 Å². The van der Waals surface area contributed by atoms with Crippen LogP contribution in [0.3, 0.4) is 0 Å². The molecule has 3 amide bonds. The minimum absolute atomic E-state index is 0.351. The van der Waals surface area contributed by atoms with Crippen LogP contribution in [0.4, 0.5) is 4.79 Å². The number of thioether (sulfide) groups is 1. The van der Waals surface area contributed by atoms with Crippen molar-refractivity contribution in [1.82, 2.24) is 20.6 Å². The molecule has 0 saturated heterocycles. The Morgan fingerprint density at radius 3 is 2.73 bits per heavy atom. The smallest absolute Gasteiger partial charge is 0.321 e. The van der Waals surface area contributed by atoms with Crippen molar-refractivity contribution < 1.29 is 9.59 Å². The highest BCUT2D eigenvalue weighted by atomic mass is 32.2. The first-order chi connectivity index (χ1) is 10.5. The van der Waals surface area contributed by atoms with Crippen molar-refractivity contribution >= 4 is 34.6 Å². The molecule has 2 aromatic rings.